The number of aliphatic carboxylic acids is 2. The van der Waals surface area contributed by atoms with Crippen molar-refractivity contribution in [1.29, 1.82) is 0 Å². The van der Waals surface area contributed by atoms with Crippen molar-refractivity contribution in [2.45, 2.75) is 229 Å². The van der Waals surface area contributed by atoms with E-state index in [2.05, 4.69) is 68.5 Å². The number of aliphatic imine (C=N–C) groups is 1. The zero-order valence-corrected chi connectivity index (χ0v) is 62.0. The first-order chi connectivity index (χ1) is 51.8. The first-order valence-electron chi connectivity index (χ1n) is 36.9. The Morgan fingerprint density at radius 3 is 1.89 bits per heavy atom. The first kappa shape index (κ1) is 87.4. The molecule has 22 N–H and O–H groups in total. The Hall–Kier alpha value is -10.5. The zero-order valence-electron chi connectivity index (χ0n) is 62.0. The van der Waals surface area contributed by atoms with E-state index in [1.54, 1.807) is 58.0 Å². The van der Waals surface area contributed by atoms with Gasteiger partial charge in [-0.2, -0.15) is 0 Å². The highest BCUT2D eigenvalue weighted by Gasteiger charge is 2.47. The van der Waals surface area contributed by atoms with Gasteiger partial charge < -0.3 is 111 Å². The quantitative estimate of drug-likeness (QED) is 0.0214. The molecule has 0 radical (unpaired) electrons. The molecule has 13 amide bonds. The normalized spacial score (nSPS) is 24.6. The van der Waals surface area contributed by atoms with Crippen molar-refractivity contribution in [3.05, 3.63) is 47.8 Å². The van der Waals surface area contributed by atoms with Crippen molar-refractivity contribution in [1.82, 2.24) is 82.9 Å². The van der Waals surface area contributed by atoms with Gasteiger partial charge in [-0.15, -0.1) is 5.10 Å². The number of amides is 13. The van der Waals surface area contributed by atoms with Crippen molar-refractivity contribution in [2.75, 3.05) is 45.9 Å². The SMILES string of the molecule is CC[C@H](C)[C@@H]1NC(=O)[C@@H]2CCCN2C(=O)[C@@H]2CCCN2C(=O)[C@H]([C@@H](C)CC)NC(=O)[C@H](CO)NC(=O)[C@H](CCCCN)NC(=O)[C@H]([C@@H](C)O)NC(=O)[C@@H](NC(=O)[C@H](CCCN=C(N)N)NC(=O)CN)Cn2cc(nn2)C[C@@H](C(=O)N[C@@H](Cc2ccccc2)C(=O)N2CCC[C@H]2C(=O)N[C@@H](CC(=O)O)C(=O)O)NC1=O. The Bertz CT molecular complexity index is 3580. The van der Waals surface area contributed by atoms with Crippen LogP contribution in [0.2, 0.25) is 0 Å². The average molecular weight is 1530 g/mol. The number of hydrogen-bond donors (Lipinski definition) is 18. The lowest BCUT2D eigenvalue weighted by Crippen LogP contribution is -2.63. The number of carboxylic acid groups (broad SMARTS) is 2. The molecule has 109 heavy (non-hydrogen) atoms. The van der Waals surface area contributed by atoms with Crippen molar-refractivity contribution in [3.8, 4) is 0 Å². The fraction of sp³-hybridized carbons (Fsp3) is 0.652. The number of aromatic nitrogens is 3. The second kappa shape index (κ2) is 42.3. The lowest BCUT2D eigenvalue weighted by molar-refractivity contribution is -0.149. The van der Waals surface area contributed by atoms with Crippen LogP contribution in [0.25, 0.3) is 0 Å². The van der Waals surface area contributed by atoms with Crippen LogP contribution >= 0.6 is 0 Å². The summed E-state index contributed by atoms with van der Waals surface area (Å²) in [4.78, 5) is 221. The number of likely N-dealkylation sites (tertiary alicyclic amines) is 1. The molecule has 3 fully saturated rings. The summed E-state index contributed by atoms with van der Waals surface area (Å²) in [5.41, 5.74) is 22.8. The topological polar surface area (TPSA) is 614 Å². The molecule has 40 heteroatoms. The van der Waals surface area contributed by atoms with Gasteiger partial charge in [0, 0.05) is 45.2 Å². The summed E-state index contributed by atoms with van der Waals surface area (Å²) >= 11 is 0. The first-order valence-corrected chi connectivity index (χ1v) is 36.9. The van der Waals surface area contributed by atoms with Crippen molar-refractivity contribution in [2.24, 2.45) is 39.8 Å². The van der Waals surface area contributed by atoms with E-state index >= 15 is 14.4 Å². The van der Waals surface area contributed by atoms with Crippen LogP contribution < -0.4 is 76.1 Å². The molecule has 2 aromatic rings. The standard InChI is InChI=1S/C69H107N21O19/c1-6-36(3)53-63(103)77-43(58(98)78-44(29-39-17-9-8-10-18-39)65(105)88-26-14-21-48(88)61(101)79-45(68(108)109)31-52(94)95)30-40-33-87(86-85-40)34-46(80-56(96)41(75-51(93)32-71)20-13-25-74-69(72)73)59(99)84-55(38(5)92)64(104)76-42(19-11-12-24-70)57(97)81-47(35-91)60(100)83-54(37(4)7-2)67(107)90-28-16-23-50(90)66(106)89-27-15-22-49(89)62(102)82-53/h8-10,17-18,33,36-38,41-50,53-55,91-92H,6-7,11-16,19-32,34-35,70-71H2,1-5H3,(H,75,93)(H,76,104)(H,77,103)(H,78,98)(H,79,101)(H,80,96)(H,81,97)(H,82,102)(H,83,100)(H,84,99)(H,94,95)(H,108,109)(H4,72,73,74)/t36-,37-,38+,41-,42-,43-,44-,45-,46-,47-,48-,49-,50-,53-,54-,55-/m0/s1. The van der Waals surface area contributed by atoms with Crippen molar-refractivity contribution in [3.63, 3.8) is 0 Å². The third kappa shape index (κ3) is 25.0. The number of benzene rings is 1. The van der Waals surface area contributed by atoms with Gasteiger partial charge in [-0.1, -0.05) is 76.1 Å². The van der Waals surface area contributed by atoms with Gasteiger partial charge in [0.05, 0.1) is 37.9 Å². The van der Waals surface area contributed by atoms with Gasteiger partial charge in [-0.3, -0.25) is 72.1 Å². The van der Waals surface area contributed by atoms with Gasteiger partial charge in [0.25, 0.3) is 0 Å². The number of rotatable bonds is 28. The molecule has 0 spiro atoms. The molecule has 6 rings (SSSR count). The Balaban J connectivity index is 1.49. The van der Waals surface area contributed by atoms with Gasteiger partial charge in [-0.05, 0) is 101 Å². The smallest absolute Gasteiger partial charge is 0.326 e. The molecule has 2 bridgehead atoms. The van der Waals surface area contributed by atoms with Crippen LogP contribution in [-0.4, -0.2) is 275 Å². The molecule has 5 heterocycles. The second-order valence-electron chi connectivity index (χ2n) is 27.9. The molecule has 1 aromatic carbocycles. The number of nitrogens with one attached hydrogen (secondary N) is 10. The number of aliphatic hydroxyl groups is 2. The van der Waals surface area contributed by atoms with Crippen LogP contribution in [0.3, 0.4) is 0 Å². The lowest BCUT2D eigenvalue weighted by Gasteiger charge is -2.35. The number of nitrogens with zero attached hydrogens (tertiary/aromatic N) is 7. The highest BCUT2D eigenvalue weighted by atomic mass is 16.4. The van der Waals surface area contributed by atoms with E-state index in [0.29, 0.717) is 31.2 Å². The minimum Gasteiger partial charge on any atom is -0.481 e. The number of aliphatic hydroxyl groups excluding tert-OH is 2. The predicted octanol–water partition coefficient (Wildman–Crippen LogP) is -6.94. The van der Waals surface area contributed by atoms with Gasteiger partial charge in [0.15, 0.2) is 5.96 Å². The van der Waals surface area contributed by atoms with E-state index in [1.165, 1.54) is 16.0 Å². The minimum absolute atomic E-state index is 0.00352. The zero-order chi connectivity index (χ0) is 80.3. The lowest BCUT2D eigenvalue weighted by atomic mass is 9.96. The summed E-state index contributed by atoms with van der Waals surface area (Å²) in [5, 5.41) is 75.1. The number of guanidine groups is 1. The molecular formula is C69H107N21O19. The maximum Gasteiger partial charge on any atom is 0.326 e. The van der Waals surface area contributed by atoms with Gasteiger partial charge in [0.2, 0.25) is 76.8 Å². The van der Waals surface area contributed by atoms with Crippen LogP contribution in [0.1, 0.15) is 136 Å². The van der Waals surface area contributed by atoms with Crippen LogP contribution in [0, 0.1) is 11.8 Å². The van der Waals surface area contributed by atoms with Crippen LogP contribution in [0.15, 0.2) is 41.5 Å². The molecule has 40 nitrogen and oxygen atoms in total. The Labute approximate surface area is 629 Å². The molecule has 602 valence electrons. The fourth-order valence-electron chi connectivity index (χ4n) is 13.3. The third-order valence-electron chi connectivity index (χ3n) is 19.8. The summed E-state index contributed by atoms with van der Waals surface area (Å²) in [6.45, 7) is 5.72. The molecule has 16 atom stereocenters. The number of unbranched alkanes of at least 4 members (excludes halogenated alkanes) is 1. The summed E-state index contributed by atoms with van der Waals surface area (Å²) in [5.74, 6) is -17.0. The highest BCUT2D eigenvalue weighted by molar-refractivity contribution is 6.01. The third-order valence-corrected chi connectivity index (χ3v) is 19.8. The molecule has 0 aliphatic carbocycles. The molecule has 1 aromatic heterocycles. The Kier molecular flexibility index (Phi) is 33.9. The summed E-state index contributed by atoms with van der Waals surface area (Å²) in [7, 11) is 0. The average Bonchev–Trinajstić information content (AvgIpc) is 1.66. The van der Waals surface area contributed by atoms with E-state index < -0.39 is 218 Å². The number of carbonyl (C=O) groups is 15. The van der Waals surface area contributed by atoms with Gasteiger partial charge >= 0.3 is 11.9 Å². The summed E-state index contributed by atoms with van der Waals surface area (Å²) in [6.07, 6.45) is -0.494. The van der Waals surface area contributed by atoms with Crippen molar-refractivity contribution < 1.29 is 92.3 Å². The molecule has 0 unspecified atom stereocenters. The number of carbonyl (C=O) groups excluding carboxylic acids is 13. The number of nitrogens with two attached hydrogens (primary N) is 4. The van der Waals surface area contributed by atoms with Crippen molar-refractivity contribution >= 4 is 94.7 Å². The molecule has 3 saturated heterocycles. The van der Waals surface area contributed by atoms with E-state index in [9.17, 15) is 78.0 Å². The minimum atomic E-state index is -1.96. The van der Waals surface area contributed by atoms with Crippen LogP contribution in [0.5, 0.6) is 0 Å². The van der Waals surface area contributed by atoms with E-state index in [1.807, 2.05) is 0 Å². The predicted molar refractivity (Wildman–Crippen MR) is 387 cm³/mol. The highest BCUT2D eigenvalue weighted by Crippen LogP contribution is 2.28. The number of hydrogen-bond acceptors (Lipinski definition) is 22. The van der Waals surface area contributed by atoms with E-state index in [0.717, 1.165) is 16.5 Å². The maximum atomic E-state index is 15.4. The fourth-order valence-corrected chi connectivity index (χ4v) is 13.3. The van der Waals surface area contributed by atoms with Crippen LogP contribution in [0.4, 0.5) is 0 Å². The molecule has 4 aliphatic heterocycles. The Morgan fingerprint density at radius 2 is 1.27 bits per heavy atom. The van der Waals surface area contributed by atoms with Gasteiger partial charge in [0.1, 0.15) is 78.5 Å². The Morgan fingerprint density at radius 1 is 0.661 bits per heavy atom. The van der Waals surface area contributed by atoms with Crippen LogP contribution in [-0.2, 0) is 91.3 Å². The van der Waals surface area contributed by atoms with Gasteiger partial charge in [-0.25, -0.2) is 9.48 Å². The summed E-state index contributed by atoms with van der Waals surface area (Å²) < 4.78 is 1.01. The number of carboxylic acids is 2. The van der Waals surface area contributed by atoms with E-state index in [-0.39, 0.29) is 109 Å². The summed E-state index contributed by atoms with van der Waals surface area (Å²) in [6, 6.07) is -12.0. The monoisotopic (exact) mass is 1530 g/mol. The number of fused-ring (bicyclic) bond motifs is 4. The second-order valence-corrected chi connectivity index (χ2v) is 27.9. The largest absolute Gasteiger partial charge is 0.481 e. The van der Waals surface area contributed by atoms with E-state index in [4.69, 9.17) is 22.9 Å². The maximum absolute atomic E-state index is 15.4. The molecule has 4 aliphatic rings. The molecule has 0 saturated carbocycles. The molecular weight excluding hydrogens is 1430 g/mol.